The lowest BCUT2D eigenvalue weighted by Gasteiger charge is -2.20. The molecule has 1 aromatic heterocycles. The summed E-state index contributed by atoms with van der Waals surface area (Å²) < 4.78 is 4.74. The number of aryl methyl sites for hydroxylation is 1. The Morgan fingerprint density at radius 3 is 2.52 bits per heavy atom. The number of aromatic nitrogens is 2. The van der Waals surface area contributed by atoms with Gasteiger partial charge in [-0.25, -0.2) is 14.8 Å². The second-order valence-corrected chi connectivity index (χ2v) is 6.62. The molecule has 3 rings (SSSR count). The zero-order valence-corrected chi connectivity index (χ0v) is 15.7. The predicted octanol–water partition coefficient (Wildman–Crippen LogP) is 3.33. The first kappa shape index (κ1) is 18.8. The number of esters is 1. The standard InChI is InChI=1S/C20H24N4O3/c1-14-12-17(18(25)24-10-5-3-4-6-11-24)23-20(21-14)22-16-9-7-8-15(13-16)19(26)27-2/h7-9,12-13H,3-6,10-11H2,1-2H3,(H,21,22,23). The number of nitrogens with zero attached hydrogens (tertiary/aromatic N) is 3. The molecule has 27 heavy (non-hydrogen) atoms. The lowest BCUT2D eigenvalue weighted by molar-refractivity contribution is 0.0600. The van der Waals surface area contributed by atoms with Gasteiger partial charge in [0, 0.05) is 24.5 Å². The molecule has 1 N–H and O–H groups in total. The number of methoxy groups -OCH3 is 1. The second kappa shape index (κ2) is 8.62. The van der Waals surface area contributed by atoms with Crippen LogP contribution in [-0.4, -0.2) is 46.9 Å². The number of hydrogen-bond acceptors (Lipinski definition) is 6. The Labute approximate surface area is 158 Å². The summed E-state index contributed by atoms with van der Waals surface area (Å²) in [5.74, 6) is -0.148. The summed E-state index contributed by atoms with van der Waals surface area (Å²) in [4.78, 5) is 35.2. The number of amides is 1. The average Bonchev–Trinajstić information content (AvgIpc) is 2.96. The second-order valence-electron chi connectivity index (χ2n) is 6.62. The van der Waals surface area contributed by atoms with E-state index in [0.717, 1.165) is 38.8 Å². The van der Waals surface area contributed by atoms with Crippen LogP contribution in [0.15, 0.2) is 30.3 Å². The molecule has 1 amide bonds. The number of rotatable bonds is 4. The number of ether oxygens (including phenoxy) is 1. The molecule has 0 saturated carbocycles. The summed E-state index contributed by atoms with van der Waals surface area (Å²) in [6.45, 7) is 3.37. The quantitative estimate of drug-likeness (QED) is 0.834. The molecule has 0 radical (unpaired) electrons. The van der Waals surface area contributed by atoms with Crippen molar-refractivity contribution in [2.24, 2.45) is 0 Å². The van der Waals surface area contributed by atoms with Crippen molar-refractivity contribution in [1.29, 1.82) is 0 Å². The zero-order chi connectivity index (χ0) is 19.2. The maximum Gasteiger partial charge on any atom is 0.337 e. The Bertz CT molecular complexity index is 830. The van der Waals surface area contributed by atoms with Crippen molar-refractivity contribution < 1.29 is 14.3 Å². The fourth-order valence-corrected chi connectivity index (χ4v) is 3.14. The molecule has 1 aliphatic rings. The van der Waals surface area contributed by atoms with Gasteiger partial charge < -0.3 is 15.0 Å². The molecule has 7 nitrogen and oxygen atoms in total. The Morgan fingerprint density at radius 1 is 1.07 bits per heavy atom. The summed E-state index contributed by atoms with van der Waals surface area (Å²) in [7, 11) is 1.34. The Hall–Kier alpha value is -2.96. The van der Waals surface area contributed by atoms with Crippen LogP contribution in [-0.2, 0) is 4.74 Å². The van der Waals surface area contributed by atoms with Gasteiger partial charge >= 0.3 is 5.97 Å². The van der Waals surface area contributed by atoms with Gasteiger partial charge in [0.1, 0.15) is 5.69 Å². The minimum atomic E-state index is -0.416. The van der Waals surface area contributed by atoms with E-state index in [4.69, 9.17) is 4.74 Å². The van der Waals surface area contributed by atoms with Crippen LogP contribution in [0.1, 0.15) is 52.2 Å². The van der Waals surface area contributed by atoms with E-state index >= 15 is 0 Å². The number of benzene rings is 1. The fraction of sp³-hybridized carbons (Fsp3) is 0.400. The lowest BCUT2D eigenvalue weighted by Crippen LogP contribution is -2.32. The van der Waals surface area contributed by atoms with E-state index < -0.39 is 5.97 Å². The number of carbonyl (C=O) groups excluding carboxylic acids is 2. The molecule has 1 aromatic carbocycles. The lowest BCUT2D eigenvalue weighted by atomic mass is 10.2. The minimum Gasteiger partial charge on any atom is -0.465 e. The van der Waals surface area contributed by atoms with Crippen molar-refractivity contribution in [2.75, 3.05) is 25.5 Å². The highest BCUT2D eigenvalue weighted by atomic mass is 16.5. The first-order valence-corrected chi connectivity index (χ1v) is 9.17. The summed E-state index contributed by atoms with van der Waals surface area (Å²) >= 11 is 0. The molecule has 0 unspecified atom stereocenters. The normalized spacial score (nSPS) is 14.4. The van der Waals surface area contributed by atoms with Gasteiger partial charge in [0.25, 0.3) is 5.91 Å². The Balaban J connectivity index is 1.81. The molecule has 142 valence electrons. The van der Waals surface area contributed by atoms with E-state index in [9.17, 15) is 9.59 Å². The number of anilines is 2. The highest BCUT2D eigenvalue weighted by molar-refractivity contribution is 5.93. The van der Waals surface area contributed by atoms with E-state index in [2.05, 4.69) is 15.3 Å². The van der Waals surface area contributed by atoms with E-state index in [1.165, 1.54) is 7.11 Å². The van der Waals surface area contributed by atoms with Crippen molar-refractivity contribution in [3.05, 3.63) is 47.3 Å². The first-order chi connectivity index (χ1) is 13.1. The molecule has 0 bridgehead atoms. The molecule has 1 fully saturated rings. The van der Waals surface area contributed by atoms with Crippen molar-refractivity contribution in [1.82, 2.24) is 14.9 Å². The van der Waals surface area contributed by atoms with Crippen LogP contribution >= 0.6 is 0 Å². The van der Waals surface area contributed by atoms with Gasteiger partial charge in [-0.05, 0) is 44.0 Å². The number of nitrogens with one attached hydrogen (secondary N) is 1. The van der Waals surface area contributed by atoms with Crippen LogP contribution in [0.3, 0.4) is 0 Å². The molecular formula is C20H24N4O3. The molecule has 0 atom stereocenters. The van der Waals surface area contributed by atoms with Gasteiger partial charge in [0.2, 0.25) is 5.95 Å². The maximum absolute atomic E-state index is 12.8. The van der Waals surface area contributed by atoms with Gasteiger partial charge in [-0.3, -0.25) is 4.79 Å². The molecule has 2 aromatic rings. The summed E-state index contributed by atoms with van der Waals surface area (Å²) in [5, 5.41) is 3.07. The molecule has 0 spiro atoms. The third-order valence-corrected chi connectivity index (χ3v) is 4.51. The average molecular weight is 368 g/mol. The third kappa shape index (κ3) is 4.81. The van der Waals surface area contributed by atoms with Crippen molar-refractivity contribution in [3.8, 4) is 0 Å². The molecule has 7 heteroatoms. The number of likely N-dealkylation sites (tertiary alicyclic amines) is 1. The van der Waals surface area contributed by atoms with E-state index in [0.29, 0.717) is 28.6 Å². The van der Waals surface area contributed by atoms with Crippen LogP contribution in [0.2, 0.25) is 0 Å². The smallest absolute Gasteiger partial charge is 0.337 e. The predicted molar refractivity (Wildman–Crippen MR) is 102 cm³/mol. The van der Waals surface area contributed by atoms with E-state index in [-0.39, 0.29) is 5.91 Å². The maximum atomic E-state index is 12.8. The van der Waals surface area contributed by atoms with E-state index in [1.807, 2.05) is 11.8 Å². The topological polar surface area (TPSA) is 84.4 Å². The molecular weight excluding hydrogens is 344 g/mol. The highest BCUT2D eigenvalue weighted by Crippen LogP contribution is 2.18. The Kier molecular flexibility index (Phi) is 6.01. The van der Waals surface area contributed by atoms with Crippen LogP contribution in [0.4, 0.5) is 11.6 Å². The van der Waals surface area contributed by atoms with Crippen molar-refractivity contribution in [2.45, 2.75) is 32.6 Å². The summed E-state index contributed by atoms with van der Waals surface area (Å²) in [6, 6.07) is 8.58. The van der Waals surface area contributed by atoms with Gasteiger partial charge in [-0.1, -0.05) is 18.9 Å². The SMILES string of the molecule is COC(=O)c1cccc(Nc2nc(C)cc(C(=O)N3CCCCCC3)n2)c1. The van der Waals surface area contributed by atoms with Crippen LogP contribution in [0, 0.1) is 6.92 Å². The van der Waals surface area contributed by atoms with Gasteiger partial charge in [0.05, 0.1) is 12.7 Å². The summed E-state index contributed by atoms with van der Waals surface area (Å²) in [5.41, 5.74) is 2.17. The third-order valence-electron chi connectivity index (χ3n) is 4.51. The zero-order valence-electron chi connectivity index (χ0n) is 15.7. The number of carbonyl (C=O) groups is 2. The Morgan fingerprint density at radius 2 is 1.81 bits per heavy atom. The highest BCUT2D eigenvalue weighted by Gasteiger charge is 2.19. The fourth-order valence-electron chi connectivity index (χ4n) is 3.14. The molecule has 1 saturated heterocycles. The first-order valence-electron chi connectivity index (χ1n) is 9.17. The monoisotopic (exact) mass is 368 g/mol. The molecule has 0 aliphatic carbocycles. The van der Waals surface area contributed by atoms with Crippen LogP contribution < -0.4 is 5.32 Å². The van der Waals surface area contributed by atoms with Gasteiger partial charge in [0.15, 0.2) is 0 Å². The van der Waals surface area contributed by atoms with E-state index in [1.54, 1.807) is 30.3 Å². The van der Waals surface area contributed by atoms with Crippen LogP contribution in [0.5, 0.6) is 0 Å². The minimum absolute atomic E-state index is 0.0613. The largest absolute Gasteiger partial charge is 0.465 e. The van der Waals surface area contributed by atoms with Crippen molar-refractivity contribution in [3.63, 3.8) is 0 Å². The van der Waals surface area contributed by atoms with Crippen LogP contribution in [0.25, 0.3) is 0 Å². The molecule has 1 aliphatic heterocycles. The number of hydrogen-bond donors (Lipinski definition) is 1. The molecule has 2 heterocycles. The van der Waals surface area contributed by atoms with Crippen molar-refractivity contribution >= 4 is 23.5 Å². The van der Waals surface area contributed by atoms with Gasteiger partial charge in [-0.15, -0.1) is 0 Å². The van der Waals surface area contributed by atoms with Gasteiger partial charge in [-0.2, -0.15) is 0 Å². The summed E-state index contributed by atoms with van der Waals surface area (Å²) in [6.07, 6.45) is 4.38.